The van der Waals surface area contributed by atoms with Crippen LogP contribution < -0.4 is 5.32 Å². The molecule has 2 unspecified atom stereocenters. The zero-order valence-electron chi connectivity index (χ0n) is 12.8. The van der Waals surface area contributed by atoms with E-state index < -0.39 is 48.0 Å². The minimum atomic E-state index is -1.04. The lowest BCUT2D eigenvalue weighted by Gasteiger charge is -2.40. The number of fused-ring (bicyclic) bond motifs is 1. The van der Waals surface area contributed by atoms with Crippen LogP contribution in [0.2, 0.25) is 0 Å². The van der Waals surface area contributed by atoms with Gasteiger partial charge in [-0.2, -0.15) is 0 Å². The summed E-state index contributed by atoms with van der Waals surface area (Å²) in [4.78, 5) is 60.5. The fraction of sp³-hybridized carbons (Fsp3) is 0.312. The summed E-state index contributed by atoms with van der Waals surface area (Å²) in [5.41, 5.74) is 0.476. The van der Waals surface area contributed by atoms with Gasteiger partial charge in [0.1, 0.15) is 18.2 Å². The second-order valence-corrected chi connectivity index (χ2v) is 5.58. The maximum atomic E-state index is 12.4. The van der Waals surface area contributed by atoms with Gasteiger partial charge in [0.05, 0.1) is 24.3 Å². The number of amides is 3. The first-order valence-corrected chi connectivity index (χ1v) is 7.30. The van der Waals surface area contributed by atoms with Gasteiger partial charge in [0.25, 0.3) is 11.8 Å². The fourth-order valence-electron chi connectivity index (χ4n) is 2.90. The van der Waals surface area contributed by atoms with Gasteiger partial charge in [-0.1, -0.05) is 12.1 Å². The smallest absolute Gasteiger partial charge is 0.313 e. The number of ether oxygens (including phenoxy) is 1. The molecule has 2 heterocycles. The molecule has 0 bridgehead atoms. The molecule has 1 aromatic carbocycles. The van der Waals surface area contributed by atoms with Crippen LogP contribution in [0.15, 0.2) is 24.3 Å². The summed E-state index contributed by atoms with van der Waals surface area (Å²) in [5, 5.41) is 2.50. The number of carbonyl (C=O) groups is 5. The first kappa shape index (κ1) is 15.9. The molecule has 0 aliphatic carbocycles. The second kappa shape index (κ2) is 5.88. The number of benzene rings is 1. The summed E-state index contributed by atoms with van der Waals surface area (Å²) >= 11 is 0. The third kappa shape index (κ3) is 2.45. The Hall–Kier alpha value is -3.03. The SMILES string of the molecule is COC(=O)CC(=O)CC1NC(=O)C1N1C(=O)c2ccccc2C1=O. The van der Waals surface area contributed by atoms with Crippen LogP contribution in [0.3, 0.4) is 0 Å². The van der Waals surface area contributed by atoms with Crippen molar-refractivity contribution in [3.8, 4) is 0 Å². The summed E-state index contributed by atoms with van der Waals surface area (Å²) in [6.07, 6.45) is -0.573. The quantitative estimate of drug-likeness (QED) is 0.343. The molecule has 1 fully saturated rings. The summed E-state index contributed by atoms with van der Waals surface area (Å²) in [5.74, 6) is -2.72. The standard InChI is InChI=1S/C16H14N2O6/c1-24-12(20)7-8(19)6-11-13(14(21)17-11)18-15(22)9-4-2-3-5-10(9)16(18)23/h2-5,11,13H,6-7H2,1H3,(H,17,21). The summed E-state index contributed by atoms with van der Waals surface area (Å²) in [6.45, 7) is 0. The lowest BCUT2D eigenvalue weighted by atomic mass is 9.91. The molecule has 24 heavy (non-hydrogen) atoms. The van der Waals surface area contributed by atoms with Gasteiger partial charge in [0, 0.05) is 6.42 Å². The van der Waals surface area contributed by atoms with E-state index in [1.54, 1.807) is 12.1 Å². The van der Waals surface area contributed by atoms with Crippen LogP contribution in [-0.4, -0.2) is 53.6 Å². The molecule has 1 saturated heterocycles. The molecule has 0 radical (unpaired) electrons. The average molecular weight is 330 g/mol. The van der Waals surface area contributed by atoms with E-state index in [2.05, 4.69) is 10.1 Å². The number of esters is 1. The number of hydrogen-bond donors (Lipinski definition) is 1. The number of β-lactam (4-membered cyclic amide) rings is 1. The molecule has 2 aliphatic rings. The number of methoxy groups -OCH3 is 1. The van der Waals surface area contributed by atoms with Crippen molar-refractivity contribution in [1.29, 1.82) is 0 Å². The topological polar surface area (TPSA) is 110 Å². The van der Waals surface area contributed by atoms with E-state index in [0.29, 0.717) is 0 Å². The first-order valence-electron chi connectivity index (χ1n) is 7.30. The molecule has 8 nitrogen and oxygen atoms in total. The van der Waals surface area contributed by atoms with Crippen LogP contribution in [-0.2, 0) is 19.1 Å². The van der Waals surface area contributed by atoms with Gasteiger partial charge in [-0.3, -0.25) is 28.9 Å². The number of Topliss-reactive ketones (excluding diaryl/α,β-unsaturated/α-hetero) is 1. The number of carbonyl (C=O) groups excluding carboxylic acids is 5. The number of hydrogen-bond acceptors (Lipinski definition) is 6. The van der Waals surface area contributed by atoms with Crippen LogP contribution in [0, 0.1) is 0 Å². The number of imide groups is 1. The Morgan fingerprint density at radius 2 is 1.71 bits per heavy atom. The molecule has 2 atom stereocenters. The number of nitrogens with zero attached hydrogens (tertiary/aromatic N) is 1. The molecule has 3 amide bonds. The minimum Gasteiger partial charge on any atom is -0.469 e. The largest absolute Gasteiger partial charge is 0.469 e. The minimum absolute atomic E-state index is 0.154. The molecule has 1 aromatic rings. The molecule has 0 saturated carbocycles. The Labute approximate surface area is 136 Å². The van der Waals surface area contributed by atoms with Gasteiger partial charge < -0.3 is 10.1 Å². The van der Waals surface area contributed by atoms with Crippen LogP contribution in [0.5, 0.6) is 0 Å². The molecule has 2 aliphatic heterocycles. The van der Waals surface area contributed by atoms with Crippen molar-refractivity contribution in [3.63, 3.8) is 0 Å². The summed E-state index contributed by atoms with van der Waals surface area (Å²) in [7, 11) is 1.17. The maximum absolute atomic E-state index is 12.4. The highest BCUT2D eigenvalue weighted by molar-refractivity contribution is 6.23. The van der Waals surface area contributed by atoms with E-state index in [-0.39, 0.29) is 17.5 Å². The Bertz CT molecular complexity index is 737. The highest BCUT2D eigenvalue weighted by Crippen LogP contribution is 2.29. The van der Waals surface area contributed by atoms with Crippen LogP contribution >= 0.6 is 0 Å². The Morgan fingerprint density at radius 3 is 2.21 bits per heavy atom. The van der Waals surface area contributed by atoms with E-state index >= 15 is 0 Å². The first-order chi connectivity index (χ1) is 11.4. The molecule has 0 spiro atoms. The van der Waals surface area contributed by atoms with Gasteiger partial charge in [-0.25, -0.2) is 0 Å². The summed E-state index contributed by atoms with van der Waals surface area (Å²) < 4.78 is 4.41. The van der Waals surface area contributed by atoms with Crippen molar-refractivity contribution in [2.45, 2.75) is 24.9 Å². The van der Waals surface area contributed by atoms with Gasteiger partial charge in [-0.15, -0.1) is 0 Å². The molecule has 124 valence electrons. The normalized spacial score (nSPS) is 21.9. The predicted molar refractivity (Wildman–Crippen MR) is 78.9 cm³/mol. The molecular formula is C16H14N2O6. The van der Waals surface area contributed by atoms with Gasteiger partial charge in [0.15, 0.2) is 0 Å². The van der Waals surface area contributed by atoms with Gasteiger partial charge in [0.2, 0.25) is 5.91 Å². The van der Waals surface area contributed by atoms with Gasteiger partial charge in [-0.05, 0) is 12.1 Å². The van der Waals surface area contributed by atoms with Crippen LogP contribution in [0.1, 0.15) is 33.6 Å². The van der Waals surface area contributed by atoms with Crippen molar-refractivity contribution >= 4 is 29.5 Å². The van der Waals surface area contributed by atoms with E-state index in [0.717, 1.165) is 4.90 Å². The second-order valence-electron chi connectivity index (χ2n) is 5.58. The number of rotatable bonds is 5. The Kier molecular flexibility index (Phi) is 3.88. The van der Waals surface area contributed by atoms with Crippen molar-refractivity contribution in [1.82, 2.24) is 10.2 Å². The van der Waals surface area contributed by atoms with E-state index in [4.69, 9.17) is 0 Å². The molecule has 1 N–H and O–H groups in total. The van der Waals surface area contributed by atoms with Crippen molar-refractivity contribution < 1.29 is 28.7 Å². The molecule has 3 rings (SSSR count). The fourth-order valence-corrected chi connectivity index (χ4v) is 2.90. The molecular weight excluding hydrogens is 316 g/mol. The third-order valence-corrected chi connectivity index (χ3v) is 4.10. The van der Waals surface area contributed by atoms with Crippen LogP contribution in [0.4, 0.5) is 0 Å². The Morgan fingerprint density at radius 1 is 1.12 bits per heavy atom. The highest BCUT2D eigenvalue weighted by atomic mass is 16.5. The average Bonchev–Trinajstić information content (AvgIpc) is 2.80. The lowest BCUT2D eigenvalue weighted by molar-refractivity contribution is -0.143. The lowest BCUT2D eigenvalue weighted by Crippen LogP contribution is -2.70. The maximum Gasteiger partial charge on any atom is 0.313 e. The van der Waals surface area contributed by atoms with Crippen molar-refractivity contribution in [2.75, 3.05) is 7.11 Å². The molecule has 0 aromatic heterocycles. The van der Waals surface area contributed by atoms with Crippen molar-refractivity contribution in [2.24, 2.45) is 0 Å². The number of nitrogens with one attached hydrogen (secondary N) is 1. The highest BCUT2D eigenvalue weighted by Gasteiger charge is 2.52. The zero-order chi connectivity index (χ0) is 17.4. The third-order valence-electron chi connectivity index (χ3n) is 4.10. The van der Waals surface area contributed by atoms with E-state index in [9.17, 15) is 24.0 Å². The predicted octanol–water partition coefficient (Wildman–Crippen LogP) is -0.328. The van der Waals surface area contributed by atoms with E-state index in [1.807, 2.05) is 0 Å². The zero-order valence-corrected chi connectivity index (χ0v) is 12.8. The monoisotopic (exact) mass is 330 g/mol. The summed E-state index contributed by atoms with van der Waals surface area (Å²) in [6, 6.07) is 4.56. The Balaban J connectivity index is 1.76. The number of ketones is 1. The molecule has 8 heteroatoms. The van der Waals surface area contributed by atoms with Gasteiger partial charge >= 0.3 is 5.97 Å². The van der Waals surface area contributed by atoms with Crippen LogP contribution in [0.25, 0.3) is 0 Å². The van der Waals surface area contributed by atoms with E-state index in [1.165, 1.54) is 19.2 Å². The van der Waals surface area contributed by atoms with Crippen molar-refractivity contribution in [3.05, 3.63) is 35.4 Å².